The number of piperidine rings is 1. The van der Waals surface area contributed by atoms with Gasteiger partial charge in [-0.15, -0.1) is 11.3 Å². The van der Waals surface area contributed by atoms with E-state index < -0.39 is 5.97 Å². The van der Waals surface area contributed by atoms with E-state index in [-0.39, 0.29) is 23.8 Å². The summed E-state index contributed by atoms with van der Waals surface area (Å²) in [6.07, 6.45) is 6.89. The molecule has 2 aromatic heterocycles. The zero-order chi connectivity index (χ0) is 23.9. The average Bonchev–Trinajstić information content (AvgIpc) is 3.29. The number of nitro groups is 1. The number of anilines is 1. The Morgan fingerprint density at radius 1 is 1.21 bits per heavy atom. The van der Waals surface area contributed by atoms with Gasteiger partial charge in [-0.25, -0.2) is 9.78 Å². The Morgan fingerprint density at radius 3 is 2.68 bits per heavy atom. The Balaban J connectivity index is 1.55. The van der Waals surface area contributed by atoms with Crippen molar-refractivity contribution in [3.8, 4) is 10.6 Å². The average molecular weight is 482 g/mol. The molecular weight excluding hydrogens is 454 g/mol. The third-order valence-corrected chi connectivity index (χ3v) is 6.75. The highest BCUT2D eigenvalue weighted by Gasteiger charge is 2.22. The molecule has 1 saturated heterocycles. The number of likely N-dealkylation sites (tertiary alicyclic amines) is 1. The normalized spacial score (nSPS) is 14.0. The van der Waals surface area contributed by atoms with Gasteiger partial charge in [0.15, 0.2) is 10.7 Å². The second kappa shape index (κ2) is 11.2. The van der Waals surface area contributed by atoms with E-state index in [4.69, 9.17) is 4.74 Å². The summed E-state index contributed by atoms with van der Waals surface area (Å²) in [6.45, 7) is 4.90. The summed E-state index contributed by atoms with van der Waals surface area (Å²) in [6, 6.07) is 8.99. The zero-order valence-electron chi connectivity index (χ0n) is 19.0. The minimum Gasteiger partial charge on any atom is -0.462 e. The molecule has 0 amide bonds. The van der Waals surface area contributed by atoms with Crippen molar-refractivity contribution in [3.05, 3.63) is 68.8 Å². The SMILES string of the molecule is CCOC(=O)c1sc(-c2ccncc2)nc1NCc1ccc(CN2CCCCC2)cc1[N+](=O)[O-]. The van der Waals surface area contributed by atoms with Crippen molar-refractivity contribution in [2.45, 2.75) is 39.3 Å². The molecule has 178 valence electrons. The second-order valence-corrected chi connectivity index (χ2v) is 9.06. The first-order valence-corrected chi connectivity index (χ1v) is 12.2. The number of carbonyl (C=O) groups excluding carboxylic acids is 1. The van der Waals surface area contributed by atoms with E-state index in [1.165, 1.54) is 30.6 Å². The highest BCUT2D eigenvalue weighted by molar-refractivity contribution is 7.17. The molecular formula is C24H27N5O4S. The summed E-state index contributed by atoms with van der Waals surface area (Å²) in [4.78, 5) is 35.2. The molecule has 3 heterocycles. The number of hydrogen-bond acceptors (Lipinski definition) is 9. The Bertz CT molecular complexity index is 1150. The summed E-state index contributed by atoms with van der Waals surface area (Å²) >= 11 is 1.21. The third kappa shape index (κ3) is 5.75. The van der Waals surface area contributed by atoms with Crippen LogP contribution in [0.25, 0.3) is 10.6 Å². The number of carbonyl (C=O) groups is 1. The Kier molecular flexibility index (Phi) is 7.81. The van der Waals surface area contributed by atoms with Gasteiger partial charge in [-0.1, -0.05) is 18.6 Å². The van der Waals surface area contributed by atoms with Crippen molar-refractivity contribution < 1.29 is 14.5 Å². The van der Waals surface area contributed by atoms with Crippen LogP contribution in [0.3, 0.4) is 0 Å². The molecule has 0 unspecified atom stereocenters. The molecule has 1 aromatic carbocycles. The van der Waals surface area contributed by atoms with Crippen molar-refractivity contribution >= 4 is 28.8 Å². The summed E-state index contributed by atoms with van der Waals surface area (Å²) in [5.74, 6) is -0.129. The molecule has 4 rings (SSSR count). The van der Waals surface area contributed by atoms with Gasteiger partial charge in [0.05, 0.1) is 11.5 Å². The van der Waals surface area contributed by atoms with Crippen molar-refractivity contribution in [2.24, 2.45) is 0 Å². The molecule has 1 N–H and O–H groups in total. The van der Waals surface area contributed by atoms with E-state index in [9.17, 15) is 14.9 Å². The summed E-state index contributed by atoms with van der Waals surface area (Å²) in [5.41, 5.74) is 2.34. The van der Waals surface area contributed by atoms with Gasteiger partial charge in [-0.3, -0.25) is 20.0 Å². The molecule has 0 bridgehead atoms. The lowest BCUT2D eigenvalue weighted by Crippen LogP contribution is -2.29. The number of pyridine rings is 1. The van der Waals surface area contributed by atoms with Crippen LogP contribution in [0.1, 0.15) is 47.0 Å². The highest BCUT2D eigenvalue weighted by atomic mass is 32.1. The van der Waals surface area contributed by atoms with Gasteiger partial charge < -0.3 is 10.1 Å². The van der Waals surface area contributed by atoms with Gasteiger partial charge in [-0.2, -0.15) is 0 Å². The number of esters is 1. The smallest absolute Gasteiger partial charge is 0.352 e. The molecule has 10 heteroatoms. The number of nitrogens with one attached hydrogen (secondary N) is 1. The first-order chi connectivity index (χ1) is 16.5. The van der Waals surface area contributed by atoms with Crippen molar-refractivity contribution in [1.82, 2.24) is 14.9 Å². The first-order valence-electron chi connectivity index (χ1n) is 11.4. The topological polar surface area (TPSA) is 110 Å². The maximum atomic E-state index is 12.5. The van der Waals surface area contributed by atoms with Crippen molar-refractivity contribution in [1.29, 1.82) is 0 Å². The van der Waals surface area contributed by atoms with E-state index in [2.05, 4.69) is 20.2 Å². The number of benzene rings is 1. The van der Waals surface area contributed by atoms with E-state index in [1.54, 1.807) is 31.5 Å². The standard InChI is InChI=1S/C24H27N5O4S/c1-2-33-24(30)21-22(27-23(34-21)18-8-10-25-11-9-18)26-15-19-7-6-17(14-20(19)29(31)32)16-28-12-4-3-5-13-28/h6-11,14,26H,2-5,12-13,15-16H2,1H3. The van der Waals surface area contributed by atoms with Crippen LogP contribution in [0.2, 0.25) is 0 Å². The van der Waals surface area contributed by atoms with Gasteiger partial charge in [0.1, 0.15) is 5.01 Å². The van der Waals surface area contributed by atoms with E-state index in [0.717, 1.165) is 24.2 Å². The Hall–Kier alpha value is -3.37. The number of nitrogens with zero attached hydrogens (tertiary/aromatic N) is 4. The zero-order valence-corrected chi connectivity index (χ0v) is 19.8. The molecule has 1 fully saturated rings. The largest absolute Gasteiger partial charge is 0.462 e. The molecule has 1 aliphatic heterocycles. The highest BCUT2D eigenvalue weighted by Crippen LogP contribution is 2.32. The van der Waals surface area contributed by atoms with Crippen LogP contribution in [0.4, 0.5) is 11.5 Å². The predicted molar refractivity (Wildman–Crippen MR) is 131 cm³/mol. The molecule has 0 saturated carbocycles. The minimum absolute atomic E-state index is 0.0595. The van der Waals surface area contributed by atoms with E-state index >= 15 is 0 Å². The number of aromatic nitrogens is 2. The molecule has 1 aliphatic rings. The summed E-state index contributed by atoms with van der Waals surface area (Å²) in [5, 5.41) is 15.6. The van der Waals surface area contributed by atoms with Crippen LogP contribution < -0.4 is 5.32 Å². The van der Waals surface area contributed by atoms with Gasteiger partial charge in [0, 0.05) is 42.7 Å². The lowest BCUT2D eigenvalue weighted by Gasteiger charge is -2.26. The van der Waals surface area contributed by atoms with Crippen LogP contribution in [0.15, 0.2) is 42.7 Å². The fraction of sp³-hybridized carbons (Fsp3) is 0.375. The molecule has 0 radical (unpaired) electrons. The summed E-state index contributed by atoms with van der Waals surface area (Å²) in [7, 11) is 0. The number of nitro benzene ring substituents is 1. The number of thiazole rings is 1. The molecule has 34 heavy (non-hydrogen) atoms. The van der Waals surface area contributed by atoms with Crippen LogP contribution in [-0.2, 0) is 17.8 Å². The lowest BCUT2D eigenvalue weighted by atomic mass is 10.1. The van der Waals surface area contributed by atoms with Crippen molar-refractivity contribution in [2.75, 3.05) is 25.0 Å². The molecule has 0 atom stereocenters. The maximum Gasteiger partial charge on any atom is 0.352 e. The van der Waals surface area contributed by atoms with E-state index in [0.29, 0.717) is 27.8 Å². The van der Waals surface area contributed by atoms with Gasteiger partial charge >= 0.3 is 5.97 Å². The number of ether oxygens (including phenoxy) is 1. The lowest BCUT2D eigenvalue weighted by molar-refractivity contribution is -0.385. The second-order valence-electron chi connectivity index (χ2n) is 8.06. The van der Waals surface area contributed by atoms with Crippen molar-refractivity contribution in [3.63, 3.8) is 0 Å². The van der Waals surface area contributed by atoms with Crippen LogP contribution in [-0.4, -0.2) is 45.5 Å². The maximum absolute atomic E-state index is 12.5. The molecule has 0 aliphatic carbocycles. The monoisotopic (exact) mass is 481 g/mol. The quantitative estimate of drug-likeness (QED) is 0.261. The fourth-order valence-electron chi connectivity index (χ4n) is 3.97. The molecule has 0 spiro atoms. The van der Waals surface area contributed by atoms with Crippen LogP contribution >= 0.6 is 11.3 Å². The molecule has 3 aromatic rings. The van der Waals surface area contributed by atoms with Gasteiger partial charge in [-0.05, 0) is 50.6 Å². The number of hydrogen-bond donors (Lipinski definition) is 1. The van der Waals surface area contributed by atoms with Crippen LogP contribution in [0, 0.1) is 10.1 Å². The number of rotatable bonds is 9. The van der Waals surface area contributed by atoms with E-state index in [1.807, 2.05) is 18.2 Å². The fourth-order valence-corrected chi connectivity index (χ4v) is 4.92. The predicted octanol–water partition coefficient (Wildman–Crippen LogP) is 4.89. The summed E-state index contributed by atoms with van der Waals surface area (Å²) < 4.78 is 5.19. The van der Waals surface area contributed by atoms with Crippen LogP contribution in [0.5, 0.6) is 0 Å². The van der Waals surface area contributed by atoms with Gasteiger partial charge in [0.2, 0.25) is 0 Å². The first kappa shape index (κ1) is 23.8. The Labute approximate surface area is 202 Å². The minimum atomic E-state index is -0.478. The Morgan fingerprint density at radius 2 is 1.97 bits per heavy atom. The third-order valence-electron chi connectivity index (χ3n) is 5.66. The van der Waals surface area contributed by atoms with Gasteiger partial charge in [0.25, 0.3) is 5.69 Å². The molecule has 9 nitrogen and oxygen atoms in total.